The van der Waals surface area contributed by atoms with Gasteiger partial charge in [0.05, 0.1) is 6.26 Å². The number of carbonyl (C=O) groups is 1. The van der Waals surface area contributed by atoms with E-state index in [1.165, 1.54) is 5.56 Å². The van der Waals surface area contributed by atoms with Gasteiger partial charge in [-0.1, -0.05) is 35.5 Å². The van der Waals surface area contributed by atoms with Crippen LogP contribution in [-0.2, 0) is 17.6 Å². The molecular weight excluding hydrogens is 370 g/mol. The maximum absolute atomic E-state index is 12.6. The lowest BCUT2D eigenvalue weighted by Gasteiger charge is -2.41. The third kappa shape index (κ3) is 4.56. The van der Waals surface area contributed by atoms with Crippen molar-refractivity contribution in [2.24, 2.45) is 5.41 Å². The number of aliphatic hydroxyl groups excluding tert-OH is 1. The Morgan fingerprint density at radius 2 is 1.93 bits per heavy atom. The summed E-state index contributed by atoms with van der Waals surface area (Å²) in [5.74, 6) is 1.44. The second-order valence-electron chi connectivity index (χ2n) is 7.69. The number of furan rings is 1. The maximum Gasteiger partial charge on any atom is 0.238 e. The second-order valence-corrected chi connectivity index (χ2v) is 7.69. The molecule has 3 aromatic rings. The number of carbonyl (C=O) groups excluding carboxylic acids is 1. The molecule has 2 aromatic heterocycles. The van der Waals surface area contributed by atoms with Gasteiger partial charge in [-0.25, -0.2) is 0 Å². The number of nitrogens with zero attached hydrogens (tertiary/aromatic N) is 3. The molecule has 1 N–H and O–H groups in total. The minimum absolute atomic E-state index is 0.0778. The number of likely N-dealkylation sites (tertiary alicyclic amines) is 1. The van der Waals surface area contributed by atoms with Crippen LogP contribution in [0.3, 0.4) is 0 Å². The first-order chi connectivity index (χ1) is 14.2. The minimum atomic E-state index is -0.150. The lowest BCUT2D eigenvalue weighted by atomic mass is 9.74. The number of hydrogen-bond donors (Lipinski definition) is 1. The van der Waals surface area contributed by atoms with Crippen molar-refractivity contribution in [3.63, 3.8) is 0 Å². The van der Waals surface area contributed by atoms with Crippen LogP contribution in [0.25, 0.3) is 11.6 Å². The van der Waals surface area contributed by atoms with Crippen LogP contribution in [-0.4, -0.2) is 45.8 Å². The zero-order valence-electron chi connectivity index (χ0n) is 16.3. The van der Waals surface area contributed by atoms with Gasteiger partial charge in [-0.3, -0.25) is 4.79 Å². The van der Waals surface area contributed by atoms with Crippen LogP contribution in [0.4, 0.5) is 0 Å². The molecule has 1 amide bonds. The Labute approximate surface area is 169 Å². The first-order valence-corrected chi connectivity index (χ1v) is 9.96. The highest BCUT2D eigenvalue weighted by molar-refractivity contribution is 5.76. The van der Waals surface area contributed by atoms with Crippen molar-refractivity contribution >= 4 is 5.91 Å². The third-order valence-corrected chi connectivity index (χ3v) is 5.70. The van der Waals surface area contributed by atoms with Crippen molar-refractivity contribution < 1.29 is 18.8 Å². The molecule has 0 saturated carbocycles. The van der Waals surface area contributed by atoms with E-state index < -0.39 is 0 Å². The predicted molar refractivity (Wildman–Crippen MR) is 106 cm³/mol. The lowest BCUT2D eigenvalue weighted by molar-refractivity contribution is -0.134. The van der Waals surface area contributed by atoms with Crippen molar-refractivity contribution in [2.45, 2.75) is 32.1 Å². The molecule has 7 heteroatoms. The average molecular weight is 395 g/mol. The van der Waals surface area contributed by atoms with Crippen molar-refractivity contribution in [1.29, 1.82) is 0 Å². The summed E-state index contributed by atoms with van der Waals surface area (Å²) in [6, 6.07) is 13.7. The van der Waals surface area contributed by atoms with Gasteiger partial charge in [0.25, 0.3) is 0 Å². The van der Waals surface area contributed by atoms with E-state index in [0.29, 0.717) is 43.4 Å². The van der Waals surface area contributed by atoms with E-state index >= 15 is 0 Å². The zero-order chi connectivity index (χ0) is 20.1. The number of aliphatic hydroxyl groups is 1. The van der Waals surface area contributed by atoms with Crippen molar-refractivity contribution in [3.8, 4) is 11.6 Å². The van der Waals surface area contributed by atoms with Gasteiger partial charge < -0.3 is 18.9 Å². The number of amides is 1. The topological polar surface area (TPSA) is 92.6 Å². The third-order valence-electron chi connectivity index (χ3n) is 5.70. The first kappa shape index (κ1) is 19.4. The highest BCUT2D eigenvalue weighted by atomic mass is 16.5. The standard InChI is InChI=1S/C22H25N3O4/c26-16-22(15-17-5-2-1-3-6-17)10-12-25(13-11-22)20(27)9-8-19-23-21(24-29-19)18-7-4-14-28-18/h1-7,14,26H,8-13,15-16H2. The van der Waals surface area contributed by atoms with Gasteiger partial charge >= 0.3 is 0 Å². The van der Waals surface area contributed by atoms with E-state index in [1.807, 2.05) is 23.1 Å². The van der Waals surface area contributed by atoms with Crippen LogP contribution in [0.15, 0.2) is 57.7 Å². The molecule has 1 aliphatic heterocycles. The predicted octanol–water partition coefficient (Wildman–Crippen LogP) is 3.11. The van der Waals surface area contributed by atoms with E-state index in [4.69, 9.17) is 8.94 Å². The largest absolute Gasteiger partial charge is 0.461 e. The molecule has 3 heterocycles. The molecule has 1 saturated heterocycles. The fraction of sp³-hybridized carbons (Fsp3) is 0.409. The molecule has 29 heavy (non-hydrogen) atoms. The van der Waals surface area contributed by atoms with Crippen LogP contribution in [0.2, 0.25) is 0 Å². The fourth-order valence-corrected chi connectivity index (χ4v) is 3.88. The summed E-state index contributed by atoms with van der Waals surface area (Å²) in [6.45, 7) is 1.46. The normalized spacial score (nSPS) is 16.1. The van der Waals surface area contributed by atoms with Crippen LogP contribution in [0.5, 0.6) is 0 Å². The monoisotopic (exact) mass is 395 g/mol. The molecule has 4 rings (SSSR count). The Balaban J connectivity index is 1.28. The van der Waals surface area contributed by atoms with Gasteiger partial charge in [0.1, 0.15) is 0 Å². The van der Waals surface area contributed by atoms with Gasteiger partial charge in [0.2, 0.25) is 17.6 Å². The van der Waals surface area contributed by atoms with E-state index in [1.54, 1.807) is 18.4 Å². The second kappa shape index (κ2) is 8.61. The quantitative estimate of drug-likeness (QED) is 0.661. The number of aromatic nitrogens is 2. The highest BCUT2D eigenvalue weighted by Crippen LogP contribution is 2.35. The zero-order valence-corrected chi connectivity index (χ0v) is 16.3. The molecule has 7 nitrogen and oxygen atoms in total. The van der Waals surface area contributed by atoms with Gasteiger partial charge in [-0.2, -0.15) is 4.98 Å². The fourth-order valence-electron chi connectivity index (χ4n) is 3.88. The average Bonchev–Trinajstić information content (AvgIpc) is 3.45. The molecule has 0 unspecified atom stereocenters. The van der Waals surface area contributed by atoms with Crippen molar-refractivity contribution in [1.82, 2.24) is 15.0 Å². The Hall–Kier alpha value is -2.93. The van der Waals surface area contributed by atoms with Crippen LogP contribution in [0.1, 0.15) is 30.7 Å². The summed E-state index contributed by atoms with van der Waals surface area (Å²) in [5.41, 5.74) is 1.08. The lowest BCUT2D eigenvalue weighted by Crippen LogP contribution is -2.45. The van der Waals surface area contributed by atoms with Crippen molar-refractivity contribution in [3.05, 3.63) is 60.2 Å². The molecule has 0 atom stereocenters. The molecule has 152 valence electrons. The SMILES string of the molecule is O=C(CCc1nc(-c2ccco2)no1)N1CCC(CO)(Cc2ccccc2)CC1. The number of benzene rings is 1. The number of aryl methyl sites for hydroxylation is 1. The first-order valence-electron chi connectivity index (χ1n) is 9.96. The Bertz CT molecular complexity index is 913. The van der Waals surface area contributed by atoms with E-state index in [-0.39, 0.29) is 17.9 Å². The Morgan fingerprint density at radius 1 is 1.14 bits per heavy atom. The van der Waals surface area contributed by atoms with Gasteiger partial charge in [-0.05, 0) is 37.0 Å². The van der Waals surface area contributed by atoms with Gasteiger partial charge in [0, 0.05) is 38.0 Å². The van der Waals surface area contributed by atoms with E-state index in [2.05, 4.69) is 22.3 Å². The summed E-state index contributed by atoms with van der Waals surface area (Å²) >= 11 is 0. The minimum Gasteiger partial charge on any atom is -0.461 e. The highest BCUT2D eigenvalue weighted by Gasteiger charge is 2.35. The van der Waals surface area contributed by atoms with Crippen LogP contribution < -0.4 is 0 Å². The number of rotatable bonds is 7. The summed E-state index contributed by atoms with van der Waals surface area (Å²) in [6.07, 6.45) is 4.71. The molecule has 0 spiro atoms. The van der Waals surface area contributed by atoms with E-state index in [9.17, 15) is 9.90 Å². The Morgan fingerprint density at radius 3 is 2.62 bits per heavy atom. The maximum atomic E-state index is 12.6. The number of hydrogen-bond acceptors (Lipinski definition) is 6. The van der Waals surface area contributed by atoms with Gasteiger partial charge in [-0.15, -0.1) is 0 Å². The molecule has 1 fully saturated rings. The molecule has 0 aliphatic carbocycles. The molecule has 1 aromatic carbocycles. The smallest absolute Gasteiger partial charge is 0.238 e. The van der Waals surface area contributed by atoms with Crippen molar-refractivity contribution in [2.75, 3.05) is 19.7 Å². The molecule has 0 radical (unpaired) electrons. The van der Waals surface area contributed by atoms with E-state index in [0.717, 1.165) is 19.3 Å². The molecule has 0 bridgehead atoms. The summed E-state index contributed by atoms with van der Waals surface area (Å²) < 4.78 is 10.5. The summed E-state index contributed by atoms with van der Waals surface area (Å²) in [4.78, 5) is 18.8. The Kier molecular flexibility index (Phi) is 5.76. The molecular formula is C22H25N3O4. The number of piperidine rings is 1. The summed E-state index contributed by atoms with van der Waals surface area (Å²) in [5, 5.41) is 13.9. The summed E-state index contributed by atoms with van der Waals surface area (Å²) in [7, 11) is 0. The van der Waals surface area contributed by atoms with Gasteiger partial charge in [0.15, 0.2) is 5.76 Å². The van der Waals surface area contributed by atoms with Crippen LogP contribution in [0, 0.1) is 5.41 Å². The van der Waals surface area contributed by atoms with Crippen LogP contribution >= 0.6 is 0 Å². The molecule has 1 aliphatic rings.